The van der Waals surface area contributed by atoms with Crippen LogP contribution in [0.5, 0.6) is 5.75 Å². The summed E-state index contributed by atoms with van der Waals surface area (Å²) in [5.41, 5.74) is 0.803. The van der Waals surface area contributed by atoms with Crippen molar-refractivity contribution in [3.8, 4) is 5.75 Å². The first-order valence-corrected chi connectivity index (χ1v) is 7.04. The fraction of sp³-hybridized carbons (Fsp3) is 0.0667. The van der Waals surface area contributed by atoms with Crippen LogP contribution in [-0.4, -0.2) is 18.9 Å². The number of hydrogen-bond acceptors (Lipinski definition) is 4. The van der Waals surface area contributed by atoms with E-state index in [2.05, 4.69) is 10.3 Å². The number of methoxy groups -OCH3 is 1. The minimum absolute atomic E-state index is 0.163. The highest BCUT2D eigenvalue weighted by Gasteiger charge is 2.21. The summed E-state index contributed by atoms with van der Waals surface area (Å²) in [6.07, 6.45) is 1.54. The minimum Gasteiger partial charge on any atom is -0.494 e. The topological polar surface area (TPSA) is 50.7 Å². The Kier molecular flexibility index (Phi) is 3.53. The number of halogens is 1. The van der Waals surface area contributed by atoms with Crippen LogP contribution in [-0.2, 0) is 4.79 Å². The maximum absolute atomic E-state index is 13.6. The van der Waals surface area contributed by atoms with Crippen molar-refractivity contribution in [2.24, 2.45) is 4.99 Å². The number of carbonyl (C=O) groups excluding carboxylic acids is 1. The number of rotatable bonds is 3. The van der Waals surface area contributed by atoms with Crippen LogP contribution < -0.4 is 10.1 Å². The molecule has 21 heavy (non-hydrogen) atoms. The van der Waals surface area contributed by atoms with E-state index in [9.17, 15) is 9.18 Å². The molecule has 106 valence electrons. The summed E-state index contributed by atoms with van der Waals surface area (Å²) in [5, 5.41) is 4.61. The Bertz CT molecular complexity index is 751. The van der Waals surface area contributed by atoms with Gasteiger partial charge in [0.05, 0.1) is 12.0 Å². The van der Waals surface area contributed by atoms with Crippen LogP contribution in [0.4, 0.5) is 4.39 Å². The number of aliphatic imine (C=N–C) groups is 1. The smallest absolute Gasteiger partial charge is 0.275 e. The summed E-state index contributed by atoms with van der Waals surface area (Å²) in [5.74, 6) is -0.0895. The van der Waals surface area contributed by atoms with Crippen molar-refractivity contribution >= 4 is 29.2 Å². The molecule has 1 amide bonds. The predicted octanol–water partition coefficient (Wildman–Crippen LogP) is 2.81. The van der Waals surface area contributed by atoms with E-state index in [4.69, 9.17) is 4.74 Å². The molecule has 0 saturated heterocycles. The molecule has 0 fully saturated rings. The third-order valence-electron chi connectivity index (χ3n) is 2.93. The van der Waals surface area contributed by atoms with E-state index in [0.29, 0.717) is 11.4 Å². The van der Waals surface area contributed by atoms with Gasteiger partial charge in [-0.2, -0.15) is 0 Å². The quantitative estimate of drug-likeness (QED) is 0.886. The Labute approximate surface area is 124 Å². The van der Waals surface area contributed by atoms with Crippen molar-refractivity contribution < 1.29 is 13.9 Å². The summed E-state index contributed by atoms with van der Waals surface area (Å²) in [6.45, 7) is 0. The molecule has 0 aliphatic carbocycles. The fourth-order valence-electron chi connectivity index (χ4n) is 1.93. The summed E-state index contributed by atoms with van der Waals surface area (Å²) >= 11 is 1.49. The van der Waals surface area contributed by atoms with Crippen molar-refractivity contribution in [1.82, 2.24) is 5.32 Å². The third kappa shape index (κ3) is 2.71. The van der Waals surface area contributed by atoms with Crippen LogP contribution in [0.25, 0.3) is 6.08 Å². The Morgan fingerprint density at radius 3 is 2.90 bits per heavy atom. The van der Waals surface area contributed by atoms with E-state index < -0.39 is 5.82 Å². The largest absolute Gasteiger partial charge is 0.494 e. The second kappa shape index (κ2) is 5.49. The van der Waals surface area contributed by atoms with E-state index in [1.165, 1.54) is 30.6 Å². The van der Waals surface area contributed by atoms with Gasteiger partial charge in [0.15, 0.2) is 17.4 Å². The molecule has 6 heteroatoms. The normalized spacial score (nSPS) is 16.0. The molecular formula is C15H11FN2O2S. The van der Waals surface area contributed by atoms with Gasteiger partial charge in [0.1, 0.15) is 5.70 Å². The van der Waals surface area contributed by atoms with Crippen molar-refractivity contribution in [2.45, 2.75) is 0 Å². The van der Waals surface area contributed by atoms with E-state index in [-0.39, 0.29) is 17.4 Å². The number of nitrogens with one attached hydrogen (secondary N) is 1. The minimum atomic E-state index is -0.479. The molecule has 0 atom stereocenters. The molecule has 0 unspecified atom stereocenters. The van der Waals surface area contributed by atoms with Crippen molar-refractivity contribution in [1.29, 1.82) is 0 Å². The molecule has 1 aromatic heterocycles. The highest BCUT2D eigenvalue weighted by molar-refractivity contribution is 7.12. The predicted molar refractivity (Wildman–Crippen MR) is 79.9 cm³/mol. The average Bonchev–Trinajstić information content (AvgIpc) is 3.10. The molecule has 1 aromatic carbocycles. The van der Waals surface area contributed by atoms with Crippen molar-refractivity contribution in [2.75, 3.05) is 7.11 Å². The first kappa shape index (κ1) is 13.5. The number of ether oxygens (including phenoxy) is 1. The first-order valence-electron chi connectivity index (χ1n) is 6.16. The van der Waals surface area contributed by atoms with Crippen LogP contribution in [0, 0.1) is 5.82 Å². The van der Waals surface area contributed by atoms with E-state index in [1.807, 2.05) is 17.5 Å². The van der Waals surface area contributed by atoms with Gasteiger partial charge in [0.25, 0.3) is 5.91 Å². The Balaban J connectivity index is 1.92. The van der Waals surface area contributed by atoms with E-state index >= 15 is 0 Å². The van der Waals surface area contributed by atoms with Gasteiger partial charge in [-0.25, -0.2) is 9.38 Å². The molecule has 4 nitrogen and oxygen atoms in total. The second-order valence-corrected chi connectivity index (χ2v) is 5.26. The zero-order valence-electron chi connectivity index (χ0n) is 11.1. The average molecular weight is 302 g/mol. The standard InChI is InChI=1S/C15H11FN2O2S/c1-20-12-5-4-9(7-10(12)16)8-11-15(19)18-14(17-11)13-3-2-6-21-13/h2-8H,1H3,(H,17,18,19)/b11-8+. The number of thiophene rings is 1. The van der Waals surface area contributed by atoms with Gasteiger partial charge >= 0.3 is 0 Å². The zero-order valence-corrected chi connectivity index (χ0v) is 11.9. The van der Waals surface area contributed by atoms with Crippen LogP contribution in [0.2, 0.25) is 0 Å². The van der Waals surface area contributed by atoms with Gasteiger partial charge < -0.3 is 10.1 Å². The van der Waals surface area contributed by atoms with Gasteiger partial charge in [0, 0.05) is 0 Å². The molecule has 0 radical (unpaired) electrons. The van der Waals surface area contributed by atoms with Crippen LogP contribution in [0.3, 0.4) is 0 Å². The molecular weight excluding hydrogens is 291 g/mol. The summed E-state index contributed by atoms with van der Waals surface area (Å²) < 4.78 is 18.5. The number of nitrogens with zero attached hydrogens (tertiary/aromatic N) is 1. The van der Waals surface area contributed by atoms with Gasteiger partial charge in [-0.05, 0) is 35.2 Å². The van der Waals surface area contributed by atoms with Crippen molar-refractivity contribution in [3.63, 3.8) is 0 Å². The summed E-state index contributed by atoms with van der Waals surface area (Å²) in [4.78, 5) is 17.0. The maximum Gasteiger partial charge on any atom is 0.275 e. The number of amides is 1. The van der Waals surface area contributed by atoms with E-state index in [0.717, 1.165) is 4.88 Å². The highest BCUT2D eigenvalue weighted by atomic mass is 32.1. The van der Waals surface area contributed by atoms with Crippen molar-refractivity contribution in [3.05, 3.63) is 57.7 Å². The molecule has 1 N–H and O–H groups in total. The van der Waals surface area contributed by atoms with Crippen LogP contribution in [0.1, 0.15) is 10.4 Å². The fourth-order valence-corrected chi connectivity index (χ4v) is 2.60. The zero-order chi connectivity index (χ0) is 14.8. The Morgan fingerprint density at radius 1 is 1.38 bits per heavy atom. The molecule has 0 spiro atoms. The lowest BCUT2D eigenvalue weighted by Gasteiger charge is -2.02. The lowest BCUT2D eigenvalue weighted by atomic mass is 10.2. The summed E-state index contributed by atoms with van der Waals surface area (Å²) in [6, 6.07) is 8.24. The van der Waals surface area contributed by atoms with Gasteiger partial charge in [0.2, 0.25) is 0 Å². The molecule has 0 saturated carbocycles. The molecule has 3 rings (SSSR count). The van der Waals surface area contributed by atoms with Gasteiger partial charge in [-0.3, -0.25) is 4.79 Å². The second-order valence-electron chi connectivity index (χ2n) is 4.32. The lowest BCUT2D eigenvalue weighted by Crippen LogP contribution is -2.23. The molecule has 1 aliphatic rings. The number of benzene rings is 1. The van der Waals surface area contributed by atoms with Crippen LogP contribution >= 0.6 is 11.3 Å². The monoisotopic (exact) mass is 302 g/mol. The van der Waals surface area contributed by atoms with E-state index in [1.54, 1.807) is 12.1 Å². The highest BCUT2D eigenvalue weighted by Crippen LogP contribution is 2.21. The number of amidine groups is 1. The molecule has 2 aromatic rings. The van der Waals surface area contributed by atoms with Crippen LogP contribution in [0.15, 0.2) is 46.4 Å². The SMILES string of the molecule is COc1ccc(/C=C2/N=C(c3cccs3)NC2=O)cc1F. The summed E-state index contributed by atoms with van der Waals surface area (Å²) in [7, 11) is 1.40. The van der Waals surface area contributed by atoms with Gasteiger partial charge in [-0.15, -0.1) is 11.3 Å². The molecule has 2 heterocycles. The Morgan fingerprint density at radius 2 is 2.24 bits per heavy atom. The maximum atomic E-state index is 13.6. The van der Waals surface area contributed by atoms with Gasteiger partial charge in [-0.1, -0.05) is 12.1 Å². The Hall–Kier alpha value is -2.47. The molecule has 1 aliphatic heterocycles. The lowest BCUT2D eigenvalue weighted by molar-refractivity contribution is -0.115. The molecule has 0 bridgehead atoms. The number of carbonyl (C=O) groups is 1. The third-order valence-corrected chi connectivity index (χ3v) is 3.81. The first-order chi connectivity index (χ1) is 10.2. The number of hydrogen-bond donors (Lipinski definition) is 1.